The molecule has 8 nitrogen and oxygen atoms in total. The second-order valence-corrected chi connectivity index (χ2v) is 5.73. The van der Waals surface area contributed by atoms with Gasteiger partial charge in [-0.2, -0.15) is 10.4 Å². The first-order chi connectivity index (χ1) is 13.5. The summed E-state index contributed by atoms with van der Waals surface area (Å²) in [6.45, 7) is 1.38. The Bertz CT molecular complexity index is 918. The molecule has 2 N–H and O–H groups in total. The molecule has 144 valence electrons. The normalized spacial score (nSPS) is 10.5. The van der Waals surface area contributed by atoms with E-state index in [0.717, 1.165) is 0 Å². The van der Waals surface area contributed by atoms with E-state index < -0.39 is 5.91 Å². The van der Waals surface area contributed by atoms with Gasteiger partial charge in [-0.3, -0.25) is 9.59 Å². The van der Waals surface area contributed by atoms with Crippen LogP contribution < -0.4 is 20.2 Å². The van der Waals surface area contributed by atoms with Crippen LogP contribution in [0.2, 0.25) is 0 Å². The molecule has 2 amide bonds. The molecule has 0 atom stereocenters. The summed E-state index contributed by atoms with van der Waals surface area (Å²) >= 11 is 0. The van der Waals surface area contributed by atoms with E-state index in [-0.39, 0.29) is 18.9 Å². The van der Waals surface area contributed by atoms with Crippen LogP contribution >= 0.6 is 0 Å². The predicted molar refractivity (Wildman–Crippen MR) is 104 cm³/mol. The molecule has 2 aromatic rings. The minimum absolute atomic E-state index is 0.0310. The molecule has 0 bridgehead atoms. The number of carbonyl (C=O) groups is 2. The summed E-state index contributed by atoms with van der Waals surface area (Å²) in [5, 5.41) is 15.6. The number of ether oxygens (including phenoxy) is 2. The molecule has 0 heterocycles. The number of amides is 2. The highest BCUT2D eigenvalue weighted by Crippen LogP contribution is 2.18. The van der Waals surface area contributed by atoms with Gasteiger partial charge in [0.2, 0.25) is 5.91 Å². The summed E-state index contributed by atoms with van der Waals surface area (Å²) in [6.07, 6.45) is -0.0310. The Morgan fingerprint density at radius 1 is 1.11 bits per heavy atom. The molecule has 0 aliphatic rings. The second kappa shape index (κ2) is 10.3. The molecular weight excluding hydrogens is 360 g/mol. The van der Waals surface area contributed by atoms with Crippen LogP contribution in [-0.2, 0) is 9.59 Å². The van der Waals surface area contributed by atoms with E-state index in [1.54, 1.807) is 62.6 Å². The molecule has 0 saturated carbocycles. The number of hydrogen-bond donors (Lipinski definition) is 2. The number of benzene rings is 2. The van der Waals surface area contributed by atoms with E-state index in [1.807, 2.05) is 6.07 Å². The van der Waals surface area contributed by atoms with Gasteiger partial charge in [-0.1, -0.05) is 18.2 Å². The van der Waals surface area contributed by atoms with Gasteiger partial charge >= 0.3 is 0 Å². The molecule has 2 aromatic carbocycles. The predicted octanol–water partition coefficient (Wildman–Crippen LogP) is 2.47. The van der Waals surface area contributed by atoms with Gasteiger partial charge in [-0.25, -0.2) is 5.43 Å². The van der Waals surface area contributed by atoms with Crippen molar-refractivity contribution in [1.82, 2.24) is 5.43 Å². The molecule has 0 unspecified atom stereocenters. The maximum atomic E-state index is 12.1. The fraction of sp³-hybridized carbons (Fsp3) is 0.200. The fourth-order valence-corrected chi connectivity index (χ4v) is 2.19. The van der Waals surface area contributed by atoms with Gasteiger partial charge in [0.25, 0.3) is 5.91 Å². The molecule has 0 aliphatic heterocycles. The Morgan fingerprint density at radius 3 is 2.61 bits per heavy atom. The molecule has 0 spiro atoms. The Hall–Kier alpha value is -3.86. The maximum Gasteiger partial charge on any atom is 0.277 e. The van der Waals surface area contributed by atoms with Crippen molar-refractivity contribution in [2.75, 3.05) is 19.0 Å². The van der Waals surface area contributed by atoms with Crippen molar-refractivity contribution in [3.63, 3.8) is 0 Å². The number of nitriles is 1. The van der Waals surface area contributed by atoms with Crippen LogP contribution in [0.25, 0.3) is 0 Å². The van der Waals surface area contributed by atoms with E-state index in [9.17, 15) is 9.59 Å². The monoisotopic (exact) mass is 380 g/mol. The molecule has 0 aromatic heterocycles. The van der Waals surface area contributed by atoms with Crippen LogP contribution in [0, 0.1) is 11.3 Å². The van der Waals surface area contributed by atoms with Crippen molar-refractivity contribution in [3.05, 3.63) is 54.1 Å². The maximum absolute atomic E-state index is 12.1. The van der Waals surface area contributed by atoms with Crippen molar-refractivity contribution >= 4 is 23.2 Å². The zero-order chi connectivity index (χ0) is 20.4. The van der Waals surface area contributed by atoms with Crippen molar-refractivity contribution in [2.45, 2.75) is 13.3 Å². The lowest BCUT2D eigenvalue weighted by Gasteiger charge is -2.08. The van der Waals surface area contributed by atoms with Crippen molar-refractivity contribution in [1.29, 1.82) is 5.26 Å². The van der Waals surface area contributed by atoms with Crippen LogP contribution in [0.3, 0.4) is 0 Å². The first kappa shape index (κ1) is 20.5. The summed E-state index contributed by atoms with van der Waals surface area (Å²) in [4.78, 5) is 23.9. The van der Waals surface area contributed by atoms with Crippen molar-refractivity contribution in [2.24, 2.45) is 5.10 Å². The lowest BCUT2D eigenvalue weighted by molar-refractivity contribution is -0.123. The highest BCUT2D eigenvalue weighted by Gasteiger charge is 2.08. The molecule has 8 heteroatoms. The van der Waals surface area contributed by atoms with Crippen LogP contribution in [0.4, 0.5) is 5.69 Å². The largest absolute Gasteiger partial charge is 0.497 e. The Balaban J connectivity index is 1.80. The second-order valence-electron chi connectivity index (χ2n) is 5.73. The summed E-state index contributed by atoms with van der Waals surface area (Å²) in [5.74, 6) is 0.310. The summed E-state index contributed by atoms with van der Waals surface area (Å²) in [7, 11) is 1.54. The van der Waals surface area contributed by atoms with Crippen LogP contribution in [0.1, 0.15) is 18.9 Å². The van der Waals surface area contributed by atoms with Gasteiger partial charge in [0.1, 0.15) is 17.6 Å². The van der Waals surface area contributed by atoms with E-state index in [0.29, 0.717) is 28.5 Å². The van der Waals surface area contributed by atoms with E-state index in [4.69, 9.17) is 14.7 Å². The lowest BCUT2D eigenvalue weighted by atomic mass is 10.2. The zero-order valence-corrected chi connectivity index (χ0v) is 15.6. The number of nitrogens with zero attached hydrogens (tertiary/aromatic N) is 2. The highest BCUT2D eigenvalue weighted by atomic mass is 16.5. The number of hydrogen-bond acceptors (Lipinski definition) is 6. The molecule has 0 aliphatic carbocycles. The van der Waals surface area contributed by atoms with E-state index in [2.05, 4.69) is 15.8 Å². The summed E-state index contributed by atoms with van der Waals surface area (Å²) in [6, 6.07) is 15.6. The standard InChI is InChI=1S/C20H20N4O4/c1-14(10-19(25)22-18-9-4-3-6-15(18)12-21)23-24-20(26)13-28-17-8-5-7-16(11-17)27-2/h3-9,11H,10,13H2,1-2H3,(H,22,25)(H,24,26)/b23-14+. The minimum atomic E-state index is -0.461. The van der Waals surface area contributed by atoms with Crippen molar-refractivity contribution < 1.29 is 19.1 Å². The molecule has 0 saturated heterocycles. The molecule has 0 fully saturated rings. The number of para-hydroxylation sites is 1. The number of carbonyl (C=O) groups excluding carboxylic acids is 2. The van der Waals surface area contributed by atoms with Crippen molar-refractivity contribution in [3.8, 4) is 17.6 Å². The number of methoxy groups -OCH3 is 1. The Morgan fingerprint density at radius 2 is 1.86 bits per heavy atom. The lowest BCUT2D eigenvalue weighted by Crippen LogP contribution is -2.26. The molecule has 2 rings (SSSR count). The Labute approximate surface area is 162 Å². The smallest absolute Gasteiger partial charge is 0.277 e. The summed E-state index contributed by atoms with van der Waals surface area (Å²) < 4.78 is 10.4. The quantitative estimate of drug-likeness (QED) is 0.540. The van der Waals surface area contributed by atoms with Crippen LogP contribution in [0.15, 0.2) is 53.6 Å². The van der Waals surface area contributed by atoms with Gasteiger partial charge in [0.05, 0.1) is 24.8 Å². The average Bonchev–Trinajstić information content (AvgIpc) is 2.71. The van der Waals surface area contributed by atoms with Gasteiger partial charge < -0.3 is 14.8 Å². The number of rotatable bonds is 8. The Kier molecular flexibility index (Phi) is 7.54. The minimum Gasteiger partial charge on any atom is -0.497 e. The van der Waals surface area contributed by atoms with Crippen LogP contribution in [0.5, 0.6) is 11.5 Å². The third-order valence-electron chi connectivity index (χ3n) is 3.52. The molecular formula is C20H20N4O4. The van der Waals surface area contributed by atoms with Gasteiger partial charge in [0, 0.05) is 11.8 Å². The van der Waals surface area contributed by atoms with Gasteiger partial charge in [-0.15, -0.1) is 0 Å². The van der Waals surface area contributed by atoms with E-state index >= 15 is 0 Å². The third kappa shape index (κ3) is 6.46. The van der Waals surface area contributed by atoms with Crippen LogP contribution in [-0.4, -0.2) is 31.2 Å². The van der Waals surface area contributed by atoms with Gasteiger partial charge in [-0.05, 0) is 31.2 Å². The zero-order valence-electron chi connectivity index (χ0n) is 15.6. The first-order valence-corrected chi connectivity index (χ1v) is 8.39. The average molecular weight is 380 g/mol. The number of anilines is 1. The molecule has 0 radical (unpaired) electrons. The highest BCUT2D eigenvalue weighted by molar-refractivity contribution is 6.06. The topological polar surface area (TPSA) is 113 Å². The number of hydrazone groups is 1. The fourth-order valence-electron chi connectivity index (χ4n) is 2.19. The summed E-state index contributed by atoms with van der Waals surface area (Å²) in [5.41, 5.74) is 3.54. The molecule has 28 heavy (non-hydrogen) atoms. The third-order valence-corrected chi connectivity index (χ3v) is 3.52. The SMILES string of the molecule is COc1cccc(OCC(=O)N/N=C(\C)CC(=O)Nc2ccccc2C#N)c1. The number of nitrogens with one attached hydrogen (secondary N) is 2. The first-order valence-electron chi connectivity index (χ1n) is 8.39. The van der Waals surface area contributed by atoms with E-state index in [1.165, 1.54) is 0 Å². The van der Waals surface area contributed by atoms with Gasteiger partial charge in [0.15, 0.2) is 6.61 Å².